The molecule has 0 aliphatic heterocycles. The summed E-state index contributed by atoms with van der Waals surface area (Å²) in [6.07, 6.45) is 2.07. The molecule has 0 aromatic heterocycles. The third-order valence-electron chi connectivity index (χ3n) is 2.05. The van der Waals surface area contributed by atoms with Crippen LogP contribution >= 0.6 is 0 Å². The molecule has 7 heteroatoms. The van der Waals surface area contributed by atoms with Gasteiger partial charge < -0.3 is 29.5 Å². The minimum atomic E-state index is -3.44. The number of hydrogen-bond donors (Lipinski definition) is 3. The molecule has 0 fully saturated rings. The lowest BCUT2D eigenvalue weighted by Gasteiger charge is -2.25. The quantitative estimate of drug-likeness (QED) is 0.454. The summed E-state index contributed by atoms with van der Waals surface area (Å²) < 4.78 is 15.0. The smallest absolute Gasteiger partial charge is 0.367 e. The van der Waals surface area contributed by atoms with E-state index in [0.717, 1.165) is 12.8 Å². The fourth-order valence-electron chi connectivity index (χ4n) is 1.18. The second-order valence-electron chi connectivity index (χ2n) is 3.18. The minimum absolute atomic E-state index is 0.157. The summed E-state index contributed by atoms with van der Waals surface area (Å²) in [5.41, 5.74) is 10.8. The van der Waals surface area contributed by atoms with Crippen molar-refractivity contribution in [1.82, 2.24) is 0 Å². The van der Waals surface area contributed by atoms with Crippen LogP contribution in [0.3, 0.4) is 0 Å². The summed E-state index contributed by atoms with van der Waals surface area (Å²) in [7, 11) is -0.725. The Hall–Kier alpha value is -0.0231. The molecule has 5 N–H and O–H groups in total. The SMILES string of the molecule is CO[Si](O)(OC)OC(CCN)CCCN. The Kier molecular flexibility index (Phi) is 8.15. The number of rotatable bonds is 9. The molecule has 0 aromatic rings. The normalized spacial score (nSPS) is 14.2. The highest BCUT2D eigenvalue weighted by Crippen LogP contribution is 2.13. The van der Waals surface area contributed by atoms with Gasteiger partial charge in [0.15, 0.2) is 0 Å². The van der Waals surface area contributed by atoms with Crippen LogP contribution in [0.4, 0.5) is 0 Å². The maximum Gasteiger partial charge on any atom is 0.676 e. The lowest BCUT2D eigenvalue weighted by Crippen LogP contribution is -2.47. The summed E-state index contributed by atoms with van der Waals surface area (Å²) in [5, 5.41) is 0. The minimum Gasteiger partial charge on any atom is -0.367 e. The first-order chi connectivity index (χ1) is 7.11. The van der Waals surface area contributed by atoms with Crippen molar-refractivity contribution >= 4 is 9.05 Å². The molecule has 0 aliphatic rings. The largest absolute Gasteiger partial charge is 0.676 e. The van der Waals surface area contributed by atoms with Crippen molar-refractivity contribution in [3.05, 3.63) is 0 Å². The van der Waals surface area contributed by atoms with E-state index in [2.05, 4.69) is 0 Å². The van der Waals surface area contributed by atoms with E-state index in [9.17, 15) is 4.80 Å². The fraction of sp³-hybridized carbons (Fsp3) is 1.00. The van der Waals surface area contributed by atoms with E-state index in [1.54, 1.807) is 0 Å². The van der Waals surface area contributed by atoms with Gasteiger partial charge in [0.2, 0.25) is 0 Å². The van der Waals surface area contributed by atoms with Crippen LogP contribution in [0.2, 0.25) is 0 Å². The molecule has 0 saturated carbocycles. The molecule has 0 amide bonds. The molecule has 0 spiro atoms. The molecule has 0 bridgehead atoms. The van der Waals surface area contributed by atoms with Gasteiger partial charge in [0.05, 0.1) is 6.10 Å². The van der Waals surface area contributed by atoms with E-state index in [1.165, 1.54) is 14.2 Å². The lowest BCUT2D eigenvalue weighted by atomic mass is 10.1. The van der Waals surface area contributed by atoms with Crippen molar-refractivity contribution in [2.45, 2.75) is 25.4 Å². The second-order valence-corrected chi connectivity index (χ2v) is 5.28. The van der Waals surface area contributed by atoms with Crippen LogP contribution in [0.15, 0.2) is 0 Å². The number of nitrogens with two attached hydrogens (primary N) is 2. The summed E-state index contributed by atoms with van der Waals surface area (Å²) in [6, 6.07) is 0. The van der Waals surface area contributed by atoms with Gasteiger partial charge in [-0.2, -0.15) is 0 Å². The van der Waals surface area contributed by atoms with Gasteiger partial charge in [-0.05, 0) is 32.4 Å². The van der Waals surface area contributed by atoms with E-state index in [-0.39, 0.29) is 6.10 Å². The van der Waals surface area contributed by atoms with Crippen molar-refractivity contribution in [1.29, 1.82) is 0 Å². The summed E-state index contributed by atoms with van der Waals surface area (Å²) >= 11 is 0. The van der Waals surface area contributed by atoms with Crippen LogP contribution in [-0.2, 0) is 13.3 Å². The summed E-state index contributed by atoms with van der Waals surface area (Å²) in [6.45, 7) is 1.08. The van der Waals surface area contributed by atoms with E-state index >= 15 is 0 Å². The molecule has 0 aromatic carbocycles. The topological polar surface area (TPSA) is 100.0 Å². The van der Waals surface area contributed by atoms with Gasteiger partial charge in [0.25, 0.3) is 0 Å². The van der Waals surface area contributed by atoms with Crippen LogP contribution in [-0.4, -0.2) is 47.3 Å². The Morgan fingerprint density at radius 1 is 1.13 bits per heavy atom. The van der Waals surface area contributed by atoms with Crippen molar-refractivity contribution in [2.24, 2.45) is 11.5 Å². The van der Waals surface area contributed by atoms with E-state index in [4.69, 9.17) is 24.7 Å². The van der Waals surface area contributed by atoms with Crippen molar-refractivity contribution in [2.75, 3.05) is 27.3 Å². The molecular formula is C8H22N2O4Si. The Bertz CT molecular complexity index is 158. The zero-order valence-corrected chi connectivity index (χ0v) is 10.4. The Morgan fingerprint density at radius 3 is 2.13 bits per heavy atom. The highest BCUT2D eigenvalue weighted by molar-refractivity contribution is 6.51. The first kappa shape index (κ1) is 15.0. The highest BCUT2D eigenvalue weighted by Gasteiger charge is 2.41. The predicted octanol–water partition coefficient (Wildman–Crippen LogP) is -0.820. The molecule has 15 heavy (non-hydrogen) atoms. The Labute approximate surface area is 92.0 Å². The highest BCUT2D eigenvalue weighted by atomic mass is 28.4. The molecule has 92 valence electrons. The van der Waals surface area contributed by atoms with Gasteiger partial charge in [-0.1, -0.05) is 0 Å². The van der Waals surface area contributed by atoms with Crippen LogP contribution in [0.5, 0.6) is 0 Å². The fourth-order valence-corrected chi connectivity index (χ4v) is 2.20. The zero-order chi connectivity index (χ0) is 11.7. The van der Waals surface area contributed by atoms with Crippen LogP contribution in [0.25, 0.3) is 0 Å². The van der Waals surface area contributed by atoms with E-state index in [1.807, 2.05) is 0 Å². The average molecular weight is 238 g/mol. The first-order valence-electron chi connectivity index (χ1n) is 5.02. The van der Waals surface area contributed by atoms with Gasteiger partial charge in [-0.25, -0.2) is 0 Å². The van der Waals surface area contributed by atoms with Gasteiger partial charge in [-0.15, -0.1) is 0 Å². The Balaban J connectivity index is 4.11. The van der Waals surface area contributed by atoms with Gasteiger partial charge >= 0.3 is 9.05 Å². The zero-order valence-electron chi connectivity index (χ0n) is 9.44. The van der Waals surface area contributed by atoms with E-state index < -0.39 is 9.05 Å². The predicted molar refractivity (Wildman–Crippen MR) is 58.8 cm³/mol. The van der Waals surface area contributed by atoms with Crippen molar-refractivity contribution in [3.8, 4) is 0 Å². The summed E-state index contributed by atoms with van der Waals surface area (Å²) in [5.74, 6) is 0. The van der Waals surface area contributed by atoms with Gasteiger partial charge in [-0.3, -0.25) is 0 Å². The maximum absolute atomic E-state index is 9.73. The van der Waals surface area contributed by atoms with Gasteiger partial charge in [0, 0.05) is 14.2 Å². The molecule has 0 saturated heterocycles. The molecule has 0 rings (SSSR count). The van der Waals surface area contributed by atoms with Crippen molar-refractivity contribution in [3.63, 3.8) is 0 Å². The third-order valence-corrected chi connectivity index (χ3v) is 3.71. The molecule has 6 nitrogen and oxygen atoms in total. The standard InChI is InChI=1S/C8H22N2O4Si/c1-12-15(11,13-2)14-8(5-7-10)4-3-6-9/h8,11H,3-7,9-10H2,1-2H3. The summed E-state index contributed by atoms with van der Waals surface area (Å²) in [4.78, 5) is 9.73. The molecular weight excluding hydrogens is 216 g/mol. The maximum atomic E-state index is 9.73. The van der Waals surface area contributed by atoms with Crippen LogP contribution < -0.4 is 11.5 Å². The van der Waals surface area contributed by atoms with Gasteiger partial charge in [0.1, 0.15) is 0 Å². The van der Waals surface area contributed by atoms with Crippen LogP contribution in [0.1, 0.15) is 19.3 Å². The molecule has 0 radical (unpaired) electrons. The average Bonchev–Trinajstić information content (AvgIpc) is 2.26. The molecule has 1 atom stereocenters. The first-order valence-corrected chi connectivity index (χ1v) is 6.69. The van der Waals surface area contributed by atoms with Crippen molar-refractivity contribution < 1.29 is 18.1 Å². The molecule has 0 aliphatic carbocycles. The monoisotopic (exact) mass is 238 g/mol. The number of hydrogen-bond acceptors (Lipinski definition) is 6. The molecule has 1 unspecified atom stereocenters. The third kappa shape index (κ3) is 6.20. The lowest BCUT2D eigenvalue weighted by molar-refractivity contribution is -0.0126. The molecule has 0 heterocycles. The van der Waals surface area contributed by atoms with E-state index in [0.29, 0.717) is 19.5 Å². The Morgan fingerprint density at radius 2 is 1.73 bits per heavy atom. The van der Waals surface area contributed by atoms with Crippen LogP contribution in [0, 0.1) is 0 Å². The second kappa shape index (κ2) is 8.17.